The van der Waals surface area contributed by atoms with Gasteiger partial charge < -0.3 is 0 Å². The van der Waals surface area contributed by atoms with Gasteiger partial charge in [-0.1, -0.05) is 139 Å². The van der Waals surface area contributed by atoms with E-state index in [-0.39, 0.29) is 6.42 Å². The first kappa shape index (κ1) is 29.9. The molecule has 0 spiro atoms. The van der Waals surface area contributed by atoms with Crippen molar-refractivity contribution in [3.63, 3.8) is 0 Å². The summed E-state index contributed by atoms with van der Waals surface area (Å²) >= 11 is 58.7. The highest BCUT2D eigenvalue weighted by atomic mass is 35.6. The third-order valence-electron chi connectivity index (χ3n) is 0.280. The lowest BCUT2D eigenvalue weighted by Crippen LogP contribution is -1.97. The predicted molar refractivity (Wildman–Crippen MR) is 94.6 cm³/mol. The van der Waals surface area contributed by atoms with E-state index in [9.17, 15) is 0 Å². The molecule has 0 aliphatic carbocycles. The van der Waals surface area contributed by atoms with Crippen LogP contribution in [0.5, 0.6) is 0 Å². The molecule has 0 aliphatic rings. The van der Waals surface area contributed by atoms with Crippen molar-refractivity contribution in [2.24, 2.45) is 0 Å². The van der Waals surface area contributed by atoms with Crippen molar-refractivity contribution in [3.8, 4) is 6.07 Å². The van der Waals surface area contributed by atoms with E-state index in [2.05, 4.69) is 0 Å². The molecule has 0 aromatic heterocycles. The summed E-state index contributed by atoms with van der Waals surface area (Å²) in [6, 6.07) is 1.71. The molecule has 0 amide bonds. The first-order valence-corrected chi connectivity index (χ1v) is 8.52. The molecule has 0 unspecified atom stereocenters. The zero-order valence-corrected chi connectivity index (χ0v) is 17.5. The minimum atomic E-state index is -1.39. The topological polar surface area (TPSA) is 23.8 Å². The molecule has 0 aliphatic heterocycles. The van der Waals surface area contributed by atoms with Crippen molar-refractivity contribution in [2.45, 2.75) is 23.1 Å². The van der Waals surface area contributed by atoms with E-state index in [0.717, 1.165) is 0 Å². The summed E-state index contributed by atoms with van der Waals surface area (Å²) in [7, 11) is 0. The SMILES string of the molecule is ClC(Cl)Cl.ClC(Cl)Cl.ClC(Cl)Cl.N#CCC(Cl)(Cl)Cl. The third kappa shape index (κ3) is 155. The van der Waals surface area contributed by atoms with E-state index >= 15 is 0 Å². The summed E-state index contributed by atoms with van der Waals surface area (Å²) in [5.74, 6) is 0. The second-order valence-electron chi connectivity index (χ2n) is 1.69. The average molecular weight is 517 g/mol. The Morgan fingerprint density at radius 1 is 0.684 bits per heavy atom. The van der Waals surface area contributed by atoms with Crippen LogP contribution in [0.3, 0.4) is 0 Å². The second kappa shape index (κ2) is 21.0. The Kier molecular flexibility index (Phi) is 33.0. The van der Waals surface area contributed by atoms with E-state index in [1.165, 1.54) is 0 Å². The average Bonchev–Trinajstić information content (AvgIpc) is 1.96. The Balaban J connectivity index is -0.0000000825. The van der Waals surface area contributed by atoms with Gasteiger partial charge in [-0.15, -0.1) is 0 Å². The van der Waals surface area contributed by atoms with E-state index in [4.69, 9.17) is 144 Å². The molecular weight excluding hydrogens is 512 g/mol. The van der Waals surface area contributed by atoms with Crippen LogP contribution in [0.4, 0.5) is 0 Å². The third-order valence-corrected chi connectivity index (χ3v) is 0.680. The number of nitrogens with zero attached hydrogens (tertiary/aromatic N) is 1. The van der Waals surface area contributed by atoms with Gasteiger partial charge in [0.25, 0.3) is 0 Å². The molecule has 118 valence electrons. The Hall–Kier alpha value is 2.97. The van der Waals surface area contributed by atoms with Crippen LogP contribution >= 0.6 is 139 Å². The Morgan fingerprint density at radius 2 is 0.842 bits per heavy atom. The molecule has 0 heterocycles. The van der Waals surface area contributed by atoms with Crippen molar-refractivity contribution < 1.29 is 0 Å². The lowest BCUT2D eigenvalue weighted by molar-refractivity contribution is 1.08. The fraction of sp³-hybridized carbons (Fsp3) is 0.833. The lowest BCUT2D eigenvalue weighted by Gasteiger charge is -2.00. The summed E-state index contributed by atoms with van der Waals surface area (Å²) in [6.45, 7) is 0. The largest absolute Gasteiger partial charge is 0.203 e. The highest BCUT2D eigenvalue weighted by Gasteiger charge is 2.17. The Labute approximate surface area is 172 Å². The molecule has 19 heavy (non-hydrogen) atoms. The molecule has 0 bridgehead atoms. The Bertz CT molecular complexity index is 171. The maximum Gasteiger partial charge on any atom is 0.203 e. The lowest BCUT2D eigenvalue weighted by atomic mass is 10.5. The maximum absolute atomic E-state index is 7.90. The van der Waals surface area contributed by atoms with Crippen LogP contribution in [0, 0.1) is 11.3 Å². The molecule has 1 nitrogen and oxygen atoms in total. The summed E-state index contributed by atoms with van der Waals surface area (Å²) in [4.78, 5) is 0. The minimum Gasteiger partial charge on any atom is -0.198 e. The standard InChI is InChI=1S/C3H2Cl3N.3CHCl3/c4-3(5,6)1-2-7;3*2-1(3)4/h1H2;3*1H. The van der Waals surface area contributed by atoms with Crippen LogP contribution in [0.25, 0.3) is 0 Å². The first-order chi connectivity index (χ1) is 8.26. The molecular formula is C6H5Cl12N. The van der Waals surface area contributed by atoms with E-state index in [1.807, 2.05) is 0 Å². The van der Waals surface area contributed by atoms with Gasteiger partial charge in [0.15, 0.2) is 12.9 Å². The first-order valence-electron chi connectivity index (χ1n) is 3.46. The molecule has 0 aromatic rings. The number of hydrogen-bond donors (Lipinski definition) is 0. The van der Waals surface area contributed by atoms with E-state index in [1.54, 1.807) is 6.07 Å². The maximum atomic E-state index is 7.90. The van der Waals surface area contributed by atoms with E-state index in [0.29, 0.717) is 0 Å². The summed E-state index contributed by atoms with van der Waals surface area (Å²) in [6.07, 6.45) is -0.0579. The van der Waals surface area contributed by atoms with Gasteiger partial charge in [-0.05, 0) is 0 Å². The van der Waals surface area contributed by atoms with Crippen LogP contribution in [0.2, 0.25) is 0 Å². The van der Waals surface area contributed by atoms with Crippen LogP contribution in [-0.4, -0.2) is 16.7 Å². The predicted octanol–water partition coefficient (Wildman–Crippen LogP) is 8.23. The van der Waals surface area contributed by atoms with Gasteiger partial charge in [-0.3, -0.25) is 0 Å². The molecule has 0 fully saturated rings. The van der Waals surface area contributed by atoms with Gasteiger partial charge in [0.05, 0.1) is 12.5 Å². The number of hydrogen-bond acceptors (Lipinski definition) is 1. The molecule has 0 aromatic carbocycles. The zero-order valence-electron chi connectivity index (χ0n) is 8.42. The minimum absolute atomic E-state index is 0.0579. The zero-order chi connectivity index (χ0) is 16.6. The summed E-state index contributed by atoms with van der Waals surface area (Å²) in [5.41, 5.74) is 0. The van der Waals surface area contributed by atoms with Crippen molar-refractivity contribution in [1.82, 2.24) is 0 Å². The molecule has 0 radical (unpaired) electrons. The van der Waals surface area contributed by atoms with Gasteiger partial charge in [0.1, 0.15) is 0 Å². The molecule has 0 saturated heterocycles. The number of nitriles is 1. The second-order valence-corrected chi connectivity index (χ2v) is 10.1. The van der Waals surface area contributed by atoms with Crippen LogP contribution in [-0.2, 0) is 0 Å². The van der Waals surface area contributed by atoms with Gasteiger partial charge in [0.2, 0.25) is 3.79 Å². The van der Waals surface area contributed by atoms with Crippen molar-refractivity contribution in [2.75, 3.05) is 0 Å². The molecule has 0 N–H and O–H groups in total. The molecule has 0 rings (SSSR count). The summed E-state index contributed by atoms with van der Waals surface area (Å²) < 4.78 is -3.64. The monoisotopic (exact) mass is 511 g/mol. The van der Waals surface area contributed by atoms with Crippen molar-refractivity contribution in [1.29, 1.82) is 5.26 Å². The number of halogens is 12. The van der Waals surface area contributed by atoms with E-state index < -0.39 is 16.7 Å². The van der Waals surface area contributed by atoms with Gasteiger partial charge in [0, 0.05) is 0 Å². The number of rotatable bonds is 0. The summed E-state index contributed by atoms with van der Waals surface area (Å²) in [5, 5.41) is 7.90. The number of alkyl halides is 12. The molecule has 0 saturated carbocycles. The van der Waals surface area contributed by atoms with Crippen LogP contribution in [0.15, 0.2) is 0 Å². The highest BCUT2D eigenvalue weighted by Crippen LogP contribution is 2.28. The highest BCUT2D eigenvalue weighted by molar-refractivity contribution is 6.67. The van der Waals surface area contributed by atoms with Crippen LogP contribution < -0.4 is 0 Å². The van der Waals surface area contributed by atoms with Crippen molar-refractivity contribution >= 4 is 139 Å². The smallest absolute Gasteiger partial charge is 0.198 e. The normalized spacial score (nSPS) is 9.58. The fourth-order valence-corrected chi connectivity index (χ4v) is 0.269. The van der Waals surface area contributed by atoms with Gasteiger partial charge in [-0.25, -0.2) is 0 Å². The molecule has 13 heteroatoms. The van der Waals surface area contributed by atoms with Gasteiger partial charge >= 0.3 is 0 Å². The van der Waals surface area contributed by atoms with Gasteiger partial charge in [-0.2, -0.15) is 5.26 Å². The quantitative estimate of drug-likeness (QED) is 0.298. The van der Waals surface area contributed by atoms with Crippen molar-refractivity contribution in [3.05, 3.63) is 0 Å². The van der Waals surface area contributed by atoms with Crippen LogP contribution in [0.1, 0.15) is 6.42 Å². The Morgan fingerprint density at radius 3 is 0.842 bits per heavy atom. The fourth-order valence-electron chi connectivity index (χ4n) is 0.0896. The molecule has 0 atom stereocenters.